The van der Waals surface area contributed by atoms with Crippen LogP contribution in [0.1, 0.15) is 37.3 Å². The van der Waals surface area contributed by atoms with Gasteiger partial charge in [-0.3, -0.25) is 19.4 Å². The predicted octanol–water partition coefficient (Wildman–Crippen LogP) is 4.64. The number of nitrogens with zero attached hydrogens (tertiary/aromatic N) is 6. The third-order valence-electron chi connectivity index (χ3n) is 11.0. The van der Waals surface area contributed by atoms with Gasteiger partial charge in [-0.1, -0.05) is 41.9 Å². The molecule has 2 aromatic heterocycles. The molecule has 2 N–H and O–H groups in total. The van der Waals surface area contributed by atoms with E-state index >= 15 is 0 Å². The average Bonchev–Trinajstić information content (AvgIpc) is 3.76. The smallest absolute Gasteiger partial charge is 0.410 e. The summed E-state index contributed by atoms with van der Waals surface area (Å²) < 4.78 is 7.93. The number of amides is 2. The van der Waals surface area contributed by atoms with Crippen LogP contribution in [-0.4, -0.2) is 123 Å². The lowest BCUT2D eigenvalue weighted by Gasteiger charge is -2.42. The Morgan fingerprint density at radius 1 is 0.880 bits per heavy atom. The number of rotatable bonds is 6. The lowest BCUT2D eigenvalue weighted by atomic mass is 10.0. The Balaban J connectivity index is 0.961. The zero-order valence-corrected chi connectivity index (χ0v) is 29.1. The first kappa shape index (κ1) is 32.8. The Kier molecular flexibility index (Phi) is 9.00. The highest BCUT2D eigenvalue weighted by molar-refractivity contribution is 6.35. The zero-order chi connectivity index (χ0) is 34.4. The van der Waals surface area contributed by atoms with E-state index in [1.54, 1.807) is 11.1 Å². The van der Waals surface area contributed by atoms with Gasteiger partial charge in [0.1, 0.15) is 0 Å². The molecular formula is C37H43ClN8O4. The number of nitrogens with one attached hydrogen (secondary N) is 2. The van der Waals surface area contributed by atoms with E-state index in [0.29, 0.717) is 50.1 Å². The average molecular weight is 699 g/mol. The van der Waals surface area contributed by atoms with Gasteiger partial charge in [-0.15, -0.1) is 0 Å². The molecule has 3 fully saturated rings. The number of aromatic amines is 2. The number of likely N-dealkylation sites (tertiary alicyclic amines) is 2. The third-order valence-corrected chi connectivity index (χ3v) is 11.3. The minimum Gasteiger partial charge on any atom is -0.436 e. The lowest BCUT2D eigenvalue weighted by molar-refractivity contribution is -0.143. The molecule has 3 aliphatic rings. The Morgan fingerprint density at radius 2 is 1.62 bits per heavy atom. The van der Waals surface area contributed by atoms with E-state index in [0.717, 1.165) is 77.3 Å². The van der Waals surface area contributed by atoms with Gasteiger partial charge in [0.15, 0.2) is 6.10 Å². The van der Waals surface area contributed by atoms with E-state index in [2.05, 4.69) is 32.0 Å². The summed E-state index contributed by atoms with van der Waals surface area (Å²) in [7, 11) is 2.17. The standard InChI is InChI=1S/C37H43ClN8O4/c1-42-12-8-27(9-13-42)43-16-18-44(19-17-43)35(47)32(22-24-20-26-23-39-41-33(26)30(38)21-24)50-37(49)45-14-10-28(11-15-45)46-31-7-6-25-4-2-3-5-29(25)34(31)40-36(46)48/h2-7,20-21,23,27-28,32H,8-19,22H2,1H3,(H,39,41)(H,40,48). The Morgan fingerprint density at radius 3 is 2.40 bits per heavy atom. The third kappa shape index (κ3) is 6.36. The van der Waals surface area contributed by atoms with Crippen LogP contribution in [0.2, 0.25) is 5.02 Å². The molecule has 0 bridgehead atoms. The van der Waals surface area contributed by atoms with Gasteiger partial charge < -0.3 is 24.4 Å². The number of aromatic nitrogens is 4. The van der Waals surface area contributed by atoms with Gasteiger partial charge in [-0.25, -0.2) is 9.59 Å². The molecule has 50 heavy (non-hydrogen) atoms. The second kappa shape index (κ2) is 13.7. The number of piperazine rings is 1. The van der Waals surface area contributed by atoms with Crippen molar-refractivity contribution < 1.29 is 14.3 Å². The Hall–Kier alpha value is -4.39. The van der Waals surface area contributed by atoms with Crippen LogP contribution in [0, 0.1) is 0 Å². The SMILES string of the molecule is CN1CCC(N2CCN(C(=O)C(Cc3cc(Cl)c4[nH]ncc4c3)OC(=O)N3CCC(n4c(=O)[nH]c5c6ccccc6ccc54)CC3)CC2)CC1. The maximum atomic E-state index is 14.1. The van der Waals surface area contributed by atoms with Gasteiger partial charge in [0.25, 0.3) is 5.91 Å². The summed E-state index contributed by atoms with van der Waals surface area (Å²) >= 11 is 6.56. The van der Waals surface area contributed by atoms with Crippen LogP contribution in [0.25, 0.3) is 32.7 Å². The molecule has 8 rings (SSSR count). The number of hydrogen-bond donors (Lipinski definition) is 2. The van der Waals surface area contributed by atoms with Gasteiger partial charge in [-0.2, -0.15) is 5.10 Å². The molecule has 5 aromatic rings. The molecule has 0 radical (unpaired) electrons. The van der Waals surface area contributed by atoms with Crippen LogP contribution in [0.4, 0.5) is 4.79 Å². The number of carbonyl (C=O) groups excluding carboxylic acids is 2. The van der Waals surface area contributed by atoms with Crippen molar-refractivity contribution in [2.45, 2.75) is 50.3 Å². The van der Waals surface area contributed by atoms with E-state index in [9.17, 15) is 14.4 Å². The quantitative estimate of drug-likeness (QED) is 0.265. The normalized spacial score (nSPS) is 19.5. The van der Waals surface area contributed by atoms with Crippen molar-refractivity contribution in [2.24, 2.45) is 0 Å². The minimum absolute atomic E-state index is 0.0661. The molecule has 262 valence electrons. The van der Waals surface area contributed by atoms with Gasteiger partial charge in [0.05, 0.1) is 27.8 Å². The number of piperidine rings is 2. The van der Waals surface area contributed by atoms with Gasteiger partial charge in [0.2, 0.25) is 0 Å². The van der Waals surface area contributed by atoms with Crippen molar-refractivity contribution in [3.05, 3.63) is 75.8 Å². The van der Waals surface area contributed by atoms with Crippen molar-refractivity contribution in [3.63, 3.8) is 0 Å². The molecule has 3 aliphatic heterocycles. The summed E-state index contributed by atoms with van der Waals surface area (Å²) in [6.45, 7) is 5.84. The number of hydrogen-bond acceptors (Lipinski definition) is 7. The van der Waals surface area contributed by atoms with E-state index in [4.69, 9.17) is 16.3 Å². The molecule has 2 amide bonds. The van der Waals surface area contributed by atoms with E-state index in [1.165, 1.54) is 0 Å². The largest absolute Gasteiger partial charge is 0.436 e. The van der Waals surface area contributed by atoms with Crippen molar-refractivity contribution in [2.75, 3.05) is 59.4 Å². The number of H-pyrrole nitrogens is 2. The van der Waals surface area contributed by atoms with Crippen molar-refractivity contribution in [1.29, 1.82) is 0 Å². The first-order valence-corrected chi connectivity index (χ1v) is 18.1. The molecule has 0 aliphatic carbocycles. The summed E-state index contributed by atoms with van der Waals surface area (Å²) in [6.07, 6.45) is 3.86. The highest BCUT2D eigenvalue weighted by atomic mass is 35.5. The fourth-order valence-corrected chi connectivity index (χ4v) is 8.48. The summed E-state index contributed by atoms with van der Waals surface area (Å²) in [5, 5.41) is 10.4. The van der Waals surface area contributed by atoms with Gasteiger partial charge in [0, 0.05) is 68.5 Å². The molecule has 13 heteroatoms. The van der Waals surface area contributed by atoms with E-state index in [-0.39, 0.29) is 24.1 Å². The van der Waals surface area contributed by atoms with Crippen molar-refractivity contribution in [3.8, 4) is 0 Å². The Bertz CT molecular complexity index is 2080. The lowest BCUT2D eigenvalue weighted by Crippen LogP contribution is -2.56. The first-order chi connectivity index (χ1) is 24.3. The molecule has 3 aromatic carbocycles. The predicted molar refractivity (Wildman–Crippen MR) is 194 cm³/mol. The molecule has 1 atom stereocenters. The minimum atomic E-state index is -1.000. The maximum absolute atomic E-state index is 14.1. The first-order valence-electron chi connectivity index (χ1n) is 17.7. The fraction of sp³-hybridized carbons (Fsp3) is 0.459. The topological polar surface area (TPSA) is 123 Å². The van der Waals surface area contributed by atoms with Gasteiger partial charge >= 0.3 is 11.8 Å². The summed E-state index contributed by atoms with van der Waals surface area (Å²) in [4.78, 5) is 52.5. The van der Waals surface area contributed by atoms with Crippen LogP contribution in [0.3, 0.4) is 0 Å². The Labute approximate surface area is 294 Å². The summed E-state index contributed by atoms with van der Waals surface area (Å²) in [5.41, 5.74) is 3.07. The number of carbonyl (C=O) groups is 2. The highest BCUT2D eigenvalue weighted by Gasteiger charge is 2.35. The van der Waals surface area contributed by atoms with Crippen LogP contribution >= 0.6 is 11.6 Å². The summed E-state index contributed by atoms with van der Waals surface area (Å²) in [6, 6.07) is 16.3. The monoisotopic (exact) mass is 698 g/mol. The second-order valence-corrected chi connectivity index (χ2v) is 14.5. The van der Waals surface area contributed by atoms with Crippen LogP contribution in [-0.2, 0) is 16.0 Å². The number of ether oxygens (including phenoxy) is 1. The zero-order valence-electron chi connectivity index (χ0n) is 28.3. The van der Waals surface area contributed by atoms with E-state index in [1.807, 2.05) is 58.0 Å². The number of halogens is 1. The van der Waals surface area contributed by atoms with Crippen LogP contribution in [0.5, 0.6) is 0 Å². The van der Waals surface area contributed by atoms with E-state index < -0.39 is 12.2 Å². The molecule has 1 unspecified atom stereocenters. The molecular weight excluding hydrogens is 656 g/mol. The molecule has 5 heterocycles. The molecule has 12 nitrogen and oxygen atoms in total. The highest BCUT2D eigenvalue weighted by Crippen LogP contribution is 2.30. The second-order valence-electron chi connectivity index (χ2n) is 14.1. The van der Waals surface area contributed by atoms with Crippen molar-refractivity contribution >= 4 is 56.3 Å². The van der Waals surface area contributed by atoms with Crippen LogP contribution < -0.4 is 5.69 Å². The number of benzene rings is 3. The summed E-state index contributed by atoms with van der Waals surface area (Å²) in [5.74, 6) is -0.183. The number of imidazole rings is 1. The molecule has 0 saturated carbocycles. The van der Waals surface area contributed by atoms with Crippen molar-refractivity contribution in [1.82, 2.24) is 39.3 Å². The molecule has 3 saturated heterocycles. The van der Waals surface area contributed by atoms with Crippen LogP contribution in [0.15, 0.2) is 59.5 Å². The molecule has 0 spiro atoms. The maximum Gasteiger partial charge on any atom is 0.410 e. The van der Waals surface area contributed by atoms with Gasteiger partial charge in [-0.05, 0) is 75.0 Å². The number of fused-ring (bicyclic) bond motifs is 4. The fourth-order valence-electron chi connectivity index (χ4n) is 8.19.